The van der Waals surface area contributed by atoms with E-state index >= 15 is 0 Å². The average molecular weight is 363 g/mol. The summed E-state index contributed by atoms with van der Waals surface area (Å²) in [5.74, 6) is -0.199. The van der Waals surface area contributed by atoms with Crippen LogP contribution in [0.3, 0.4) is 0 Å². The van der Waals surface area contributed by atoms with Gasteiger partial charge in [-0.05, 0) is 47.7 Å². The van der Waals surface area contributed by atoms with Gasteiger partial charge >= 0.3 is 12.1 Å². The van der Waals surface area contributed by atoms with Crippen molar-refractivity contribution in [2.75, 3.05) is 6.54 Å². The lowest BCUT2D eigenvalue weighted by molar-refractivity contribution is -0.146. The first kappa shape index (κ1) is 18.5. The molecule has 1 atom stereocenters. The highest BCUT2D eigenvalue weighted by Crippen LogP contribution is 2.29. The van der Waals surface area contributed by atoms with Crippen LogP contribution in [0.4, 0.5) is 13.2 Å². The lowest BCUT2D eigenvalue weighted by atomic mass is 9.95. The monoisotopic (exact) mass is 363 g/mol. The molecule has 0 saturated carbocycles. The first-order valence-corrected chi connectivity index (χ1v) is 8.51. The number of ether oxygens (including phenoxy) is 1. The van der Waals surface area contributed by atoms with Crippen molar-refractivity contribution in [3.05, 3.63) is 70.8 Å². The van der Waals surface area contributed by atoms with Gasteiger partial charge in [-0.25, -0.2) is 0 Å². The first-order chi connectivity index (χ1) is 12.4. The van der Waals surface area contributed by atoms with E-state index in [2.05, 4.69) is 17.4 Å². The molecule has 1 N–H and O–H groups in total. The number of rotatable bonds is 4. The van der Waals surface area contributed by atoms with Crippen molar-refractivity contribution < 1.29 is 22.7 Å². The Morgan fingerprint density at radius 1 is 1.08 bits per heavy atom. The Kier molecular flexibility index (Phi) is 5.61. The number of esters is 1. The maximum absolute atomic E-state index is 12.5. The van der Waals surface area contributed by atoms with E-state index in [1.54, 1.807) is 0 Å². The minimum absolute atomic E-state index is 0.0201. The Morgan fingerprint density at radius 2 is 1.77 bits per heavy atom. The molecule has 0 saturated heterocycles. The zero-order chi connectivity index (χ0) is 18.6. The maximum Gasteiger partial charge on any atom is 0.416 e. The molecule has 2 aromatic carbocycles. The highest BCUT2D eigenvalue weighted by atomic mass is 19.4. The fraction of sp³-hybridized carbons (Fsp3) is 0.350. The van der Waals surface area contributed by atoms with E-state index in [0.717, 1.165) is 31.6 Å². The van der Waals surface area contributed by atoms with Crippen molar-refractivity contribution in [3.63, 3.8) is 0 Å². The minimum Gasteiger partial charge on any atom is -0.461 e. The minimum atomic E-state index is -4.36. The summed E-state index contributed by atoms with van der Waals surface area (Å²) in [6.45, 7) is 1.49. The van der Waals surface area contributed by atoms with Crippen molar-refractivity contribution in [2.24, 2.45) is 5.92 Å². The second-order valence-corrected chi connectivity index (χ2v) is 6.53. The summed E-state index contributed by atoms with van der Waals surface area (Å²) in [6, 6.07) is 12.8. The molecule has 26 heavy (non-hydrogen) atoms. The van der Waals surface area contributed by atoms with Gasteiger partial charge in [-0.1, -0.05) is 36.4 Å². The average Bonchev–Trinajstić information content (AvgIpc) is 2.81. The summed E-state index contributed by atoms with van der Waals surface area (Å²) in [5, 5.41) is 3.34. The van der Waals surface area contributed by atoms with Crippen LogP contribution in [0.25, 0.3) is 0 Å². The molecule has 0 spiro atoms. The van der Waals surface area contributed by atoms with Crippen molar-refractivity contribution in [1.29, 1.82) is 0 Å². The second-order valence-electron chi connectivity index (χ2n) is 6.53. The number of benzene rings is 2. The Morgan fingerprint density at radius 3 is 2.46 bits per heavy atom. The molecule has 0 aliphatic carbocycles. The fourth-order valence-electron chi connectivity index (χ4n) is 3.12. The maximum atomic E-state index is 12.5. The van der Waals surface area contributed by atoms with Crippen molar-refractivity contribution in [1.82, 2.24) is 5.32 Å². The smallest absolute Gasteiger partial charge is 0.416 e. The number of hydrogen-bond acceptors (Lipinski definition) is 3. The van der Waals surface area contributed by atoms with Crippen molar-refractivity contribution >= 4 is 5.97 Å². The van der Waals surface area contributed by atoms with Crippen molar-refractivity contribution in [2.45, 2.75) is 32.2 Å². The number of carbonyl (C=O) groups is 1. The summed E-state index contributed by atoms with van der Waals surface area (Å²) in [6.07, 6.45) is -3.28. The van der Waals surface area contributed by atoms with Gasteiger partial charge in [0.05, 0.1) is 5.56 Å². The molecule has 6 heteroatoms. The zero-order valence-electron chi connectivity index (χ0n) is 14.2. The number of halogens is 3. The molecule has 0 radical (unpaired) electrons. The van der Waals surface area contributed by atoms with Gasteiger partial charge in [0, 0.05) is 13.0 Å². The van der Waals surface area contributed by atoms with Crippen LogP contribution in [0.15, 0.2) is 48.5 Å². The van der Waals surface area contributed by atoms with E-state index < -0.39 is 11.7 Å². The molecular weight excluding hydrogens is 343 g/mol. The van der Waals surface area contributed by atoms with E-state index in [0.29, 0.717) is 5.56 Å². The van der Waals surface area contributed by atoms with Gasteiger partial charge in [-0.15, -0.1) is 0 Å². The molecule has 0 aromatic heterocycles. The van der Waals surface area contributed by atoms with Crippen LogP contribution in [0.1, 0.15) is 28.7 Å². The van der Waals surface area contributed by atoms with Crippen LogP contribution in [-0.4, -0.2) is 12.5 Å². The summed E-state index contributed by atoms with van der Waals surface area (Å²) < 4.78 is 42.9. The molecule has 1 heterocycles. The van der Waals surface area contributed by atoms with Gasteiger partial charge in [0.2, 0.25) is 0 Å². The van der Waals surface area contributed by atoms with Crippen LogP contribution in [-0.2, 0) is 35.3 Å². The summed E-state index contributed by atoms with van der Waals surface area (Å²) in [5.41, 5.74) is 2.30. The largest absolute Gasteiger partial charge is 0.461 e. The van der Waals surface area contributed by atoms with Crippen LogP contribution in [0, 0.1) is 5.92 Å². The number of alkyl halides is 3. The predicted molar refractivity (Wildman–Crippen MR) is 91.2 cm³/mol. The molecule has 1 aliphatic rings. The van der Waals surface area contributed by atoms with Crippen LogP contribution >= 0.6 is 0 Å². The summed E-state index contributed by atoms with van der Waals surface area (Å²) >= 11 is 0. The predicted octanol–water partition coefficient (Wildman–Crippen LogP) is 4.10. The molecule has 0 fully saturated rings. The Bertz CT molecular complexity index is 756. The third kappa shape index (κ3) is 4.85. The number of carbonyl (C=O) groups excluding carboxylic acids is 1. The van der Waals surface area contributed by atoms with Crippen LogP contribution in [0.5, 0.6) is 0 Å². The number of hydrogen-bond donors (Lipinski definition) is 1. The van der Waals surface area contributed by atoms with Crippen molar-refractivity contribution in [3.8, 4) is 0 Å². The Balaban J connectivity index is 1.51. The van der Waals surface area contributed by atoms with Gasteiger partial charge < -0.3 is 10.1 Å². The van der Waals surface area contributed by atoms with E-state index in [4.69, 9.17) is 4.74 Å². The van der Waals surface area contributed by atoms with E-state index in [9.17, 15) is 18.0 Å². The molecule has 0 amide bonds. The third-order valence-electron chi connectivity index (χ3n) is 4.51. The van der Waals surface area contributed by atoms with E-state index in [1.807, 2.05) is 12.1 Å². The van der Waals surface area contributed by atoms with Gasteiger partial charge in [0.1, 0.15) is 6.61 Å². The molecule has 3 rings (SSSR count). The normalized spacial score (nSPS) is 17.3. The Labute approximate surface area is 150 Å². The molecule has 2 aromatic rings. The highest BCUT2D eigenvalue weighted by molar-refractivity contribution is 5.69. The lowest BCUT2D eigenvalue weighted by Crippen LogP contribution is -2.23. The SMILES string of the molecule is O=C(CC1CNCc2ccccc2C1)OCc1ccc(C(F)(F)F)cc1. The highest BCUT2D eigenvalue weighted by Gasteiger charge is 2.30. The molecule has 0 bridgehead atoms. The van der Waals surface area contributed by atoms with Gasteiger partial charge in [0.25, 0.3) is 0 Å². The number of nitrogens with one attached hydrogen (secondary N) is 1. The van der Waals surface area contributed by atoms with Gasteiger partial charge in [-0.2, -0.15) is 13.2 Å². The Hall–Kier alpha value is -2.34. The molecule has 3 nitrogen and oxygen atoms in total. The van der Waals surface area contributed by atoms with Gasteiger partial charge in [-0.3, -0.25) is 4.79 Å². The van der Waals surface area contributed by atoms with Gasteiger partial charge in [0.15, 0.2) is 0 Å². The summed E-state index contributed by atoms with van der Waals surface area (Å²) in [4.78, 5) is 12.1. The third-order valence-corrected chi connectivity index (χ3v) is 4.51. The zero-order valence-corrected chi connectivity index (χ0v) is 14.2. The number of fused-ring (bicyclic) bond motifs is 1. The molecular formula is C20H20F3NO2. The quantitative estimate of drug-likeness (QED) is 0.831. The standard InChI is InChI=1S/C20H20F3NO2/c21-20(22,23)18-7-5-14(6-8-18)13-26-19(25)10-15-9-16-3-1-2-4-17(16)12-24-11-15/h1-8,15,24H,9-13H2. The molecule has 1 aliphatic heterocycles. The second kappa shape index (κ2) is 7.91. The fourth-order valence-corrected chi connectivity index (χ4v) is 3.12. The van der Waals surface area contributed by atoms with Crippen LogP contribution in [0.2, 0.25) is 0 Å². The lowest BCUT2D eigenvalue weighted by Gasteiger charge is -2.14. The topological polar surface area (TPSA) is 38.3 Å². The summed E-state index contributed by atoms with van der Waals surface area (Å²) in [7, 11) is 0. The molecule has 1 unspecified atom stereocenters. The van der Waals surface area contributed by atoms with Crippen LogP contribution < -0.4 is 5.32 Å². The molecule has 138 valence electrons. The van der Waals surface area contributed by atoms with E-state index in [-0.39, 0.29) is 24.9 Å². The van der Waals surface area contributed by atoms with E-state index in [1.165, 1.54) is 23.3 Å². The first-order valence-electron chi connectivity index (χ1n) is 8.51.